The Hall–Kier alpha value is -0.260. The third-order valence-electron chi connectivity index (χ3n) is 2.09. The van der Waals surface area contributed by atoms with Crippen molar-refractivity contribution < 1.29 is 13.2 Å². The SMILES string of the molecule is CS(=O)(=O)CCCOc1ccc(Br)c(CCl)c1. The van der Waals surface area contributed by atoms with Crippen LogP contribution in [-0.4, -0.2) is 27.0 Å². The van der Waals surface area contributed by atoms with E-state index in [0.717, 1.165) is 10.0 Å². The van der Waals surface area contributed by atoms with Crippen LogP contribution in [0.5, 0.6) is 5.75 Å². The molecule has 0 aliphatic rings. The molecule has 0 aromatic heterocycles. The molecular formula is C11H14BrClO3S. The molecule has 0 spiro atoms. The third-order valence-corrected chi connectivity index (χ3v) is 4.18. The fraction of sp³-hybridized carbons (Fsp3) is 0.455. The number of hydrogen-bond acceptors (Lipinski definition) is 3. The molecule has 0 heterocycles. The van der Waals surface area contributed by atoms with Crippen LogP contribution in [0.15, 0.2) is 22.7 Å². The van der Waals surface area contributed by atoms with E-state index in [1.165, 1.54) is 6.26 Å². The second-order valence-corrected chi connectivity index (χ2v) is 7.10. The maximum Gasteiger partial charge on any atom is 0.147 e. The van der Waals surface area contributed by atoms with Gasteiger partial charge < -0.3 is 4.74 Å². The van der Waals surface area contributed by atoms with Gasteiger partial charge >= 0.3 is 0 Å². The van der Waals surface area contributed by atoms with Gasteiger partial charge in [-0.2, -0.15) is 0 Å². The molecule has 0 saturated heterocycles. The normalized spacial score (nSPS) is 11.5. The van der Waals surface area contributed by atoms with Gasteiger partial charge in [-0.3, -0.25) is 0 Å². The second kappa shape index (κ2) is 6.61. The molecule has 0 bridgehead atoms. The van der Waals surface area contributed by atoms with Gasteiger partial charge in [-0.05, 0) is 30.2 Å². The number of hydrogen-bond donors (Lipinski definition) is 0. The smallest absolute Gasteiger partial charge is 0.147 e. The molecule has 1 rings (SSSR count). The summed E-state index contributed by atoms with van der Waals surface area (Å²) in [4.78, 5) is 0. The summed E-state index contributed by atoms with van der Waals surface area (Å²) in [5.41, 5.74) is 0.951. The van der Waals surface area contributed by atoms with E-state index in [1.54, 1.807) is 0 Å². The zero-order valence-corrected chi connectivity index (χ0v) is 12.6. The second-order valence-electron chi connectivity index (χ2n) is 3.72. The Morgan fingerprint density at radius 1 is 1.41 bits per heavy atom. The van der Waals surface area contributed by atoms with Gasteiger partial charge in [0.05, 0.1) is 12.4 Å². The zero-order chi connectivity index (χ0) is 12.9. The highest BCUT2D eigenvalue weighted by Crippen LogP contribution is 2.24. The fourth-order valence-corrected chi connectivity index (χ4v) is 2.67. The van der Waals surface area contributed by atoms with Crippen LogP contribution in [0, 0.1) is 0 Å². The molecule has 1 aromatic carbocycles. The molecule has 0 amide bonds. The van der Waals surface area contributed by atoms with Crippen LogP contribution in [0.2, 0.25) is 0 Å². The number of halogens is 2. The minimum absolute atomic E-state index is 0.145. The van der Waals surface area contributed by atoms with E-state index < -0.39 is 9.84 Å². The van der Waals surface area contributed by atoms with Crippen LogP contribution >= 0.6 is 27.5 Å². The van der Waals surface area contributed by atoms with E-state index in [9.17, 15) is 8.42 Å². The summed E-state index contributed by atoms with van der Waals surface area (Å²) in [6, 6.07) is 5.53. The number of benzene rings is 1. The molecule has 3 nitrogen and oxygen atoms in total. The number of alkyl halides is 1. The summed E-state index contributed by atoms with van der Waals surface area (Å²) < 4.78 is 28.2. The molecule has 0 fully saturated rings. The lowest BCUT2D eigenvalue weighted by atomic mass is 10.2. The van der Waals surface area contributed by atoms with Crippen LogP contribution in [-0.2, 0) is 15.7 Å². The van der Waals surface area contributed by atoms with Crippen molar-refractivity contribution in [1.82, 2.24) is 0 Å². The topological polar surface area (TPSA) is 43.4 Å². The molecule has 17 heavy (non-hydrogen) atoms. The molecule has 0 atom stereocenters. The van der Waals surface area contributed by atoms with Crippen LogP contribution < -0.4 is 4.74 Å². The van der Waals surface area contributed by atoms with E-state index in [-0.39, 0.29) is 5.75 Å². The summed E-state index contributed by atoms with van der Waals surface area (Å²) in [6.07, 6.45) is 1.71. The molecular weight excluding hydrogens is 328 g/mol. The van der Waals surface area contributed by atoms with Gasteiger partial charge in [-0.25, -0.2) is 8.42 Å². The van der Waals surface area contributed by atoms with Crippen LogP contribution in [0.4, 0.5) is 0 Å². The van der Waals surface area contributed by atoms with Crippen LogP contribution in [0.3, 0.4) is 0 Å². The average molecular weight is 342 g/mol. The van der Waals surface area contributed by atoms with Crippen molar-refractivity contribution in [3.8, 4) is 5.75 Å². The Bertz CT molecular complexity index is 474. The van der Waals surface area contributed by atoms with Crippen molar-refractivity contribution >= 4 is 37.4 Å². The maximum absolute atomic E-state index is 10.9. The highest BCUT2D eigenvalue weighted by Gasteiger charge is 2.04. The summed E-state index contributed by atoms with van der Waals surface area (Å²) in [5.74, 6) is 1.25. The van der Waals surface area contributed by atoms with E-state index >= 15 is 0 Å². The number of ether oxygens (including phenoxy) is 1. The molecule has 0 radical (unpaired) electrons. The Labute approximate surface area is 115 Å². The Morgan fingerprint density at radius 3 is 2.71 bits per heavy atom. The van der Waals surface area contributed by atoms with Gasteiger partial charge in [0.15, 0.2) is 0 Å². The van der Waals surface area contributed by atoms with Gasteiger partial charge in [0.25, 0.3) is 0 Å². The summed E-state index contributed by atoms with van der Waals surface area (Å²) in [6.45, 7) is 0.385. The number of rotatable bonds is 6. The van der Waals surface area contributed by atoms with Crippen molar-refractivity contribution in [1.29, 1.82) is 0 Å². The lowest BCUT2D eigenvalue weighted by molar-refractivity contribution is 0.317. The zero-order valence-electron chi connectivity index (χ0n) is 9.45. The molecule has 0 unspecified atom stereocenters. The molecule has 6 heteroatoms. The minimum atomic E-state index is -2.91. The quantitative estimate of drug-likeness (QED) is 0.590. The van der Waals surface area contributed by atoms with Crippen molar-refractivity contribution in [2.24, 2.45) is 0 Å². The summed E-state index contributed by atoms with van der Waals surface area (Å²) in [5, 5.41) is 0. The molecule has 0 aliphatic carbocycles. The first-order chi connectivity index (χ1) is 7.92. The lowest BCUT2D eigenvalue weighted by Crippen LogP contribution is -2.08. The molecule has 0 N–H and O–H groups in total. The van der Waals surface area contributed by atoms with Crippen LogP contribution in [0.25, 0.3) is 0 Å². The predicted octanol–water partition coefficient (Wildman–Crippen LogP) is 3.00. The monoisotopic (exact) mass is 340 g/mol. The summed E-state index contributed by atoms with van der Waals surface area (Å²) in [7, 11) is -2.91. The van der Waals surface area contributed by atoms with Crippen molar-refractivity contribution in [2.45, 2.75) is 12.3 Å². The molecule has 0 aliphatic heterocycles. The van der Waals surface area contributed by atoms with E-state index in [2.05, 4.69) is 15.9 Å². The number of sulfone groups is 1. The first-order valence-electron chi connectivity index (χ1n) is 5.07. The minimum Gasteiger partial charge on any atom is -0.494 e. The third kappa shape index (κ3) is 5.75. The van der Waals surface area contributed by atoms with Crippen molar-refractivity contribution in [3.63, 3.8) is 0 Å². The highest BCUT2D eigenvalue weighted by molar-refractivity contribution is 9.10. The van der Waals surface area contributed by atoms with Gasteiger partial charge in [-0.1, -0.05) is 15.9 Å². The van der Waals surface area contributed by atoms with Gasteiger partial charge in [0.1, 0.15) is 15.6 Å². The molecule has 0 saturated carbocycles. The lowest BCUT2D eigenvalue weighted by Gasteiger charge is -2.08. The van der Waals surface area contributed by atoms with E-state index in [4.69, 9.17) is 16.3 Å². The van der Waals surface area contributed by atoms with Gasteiger partial charge in [0, 0.05) is 16.6 Å². The predicted molar refractivity (Wildman–Crippen MR) is 73.5 cm³/mol. The standard InChI is InChI=1S/C11H14BrClO3S/c1-17(14,15)6-2-5-16-10-3-4-11(12)9(7-10)8-13/h3-4,7H,2,5-6,8H2,1H3. The highest BCUT2D eigenvalue weighted by atomic mass is 79.9. The molecule has 96 valence electrons. The van der Waals surface area contributed by atoms with Crippen molar-refractivity contribution in [2.75, 3.05) is 18.6 Å². The largest absolute Gasteiger partial charge is 0.494 e. The van der Waals surface area contributed by atoms with Crippen LogP contribution in [0.1, 0.15) is 12.0 Å². The van der Waals surface area contributed by atoms with E-state index in [0.29, 0.717) is 24.7 Å². The van der Waals surface area contributed by atoms with Crippen molar-refractivity contribution in [3.05, 3.63) is 28.2 Å². The average Bonchev–Trinajstić information content (AvgIpc) is 2.25. The maximum atomic E-state index is 10.9. The van der Waals surface area contributed by atoms with Gasteiger partial charge in [0.2, 0.25) is 0 Å². The Morgan fingerprint density at radius 2 is 2.12 bits per heavy atom. The first-order valence-corrected chi connectivity index (χ1v) is 8.46. The summed E-state index contributed by atoms with van der Waals surface area (Å²) >= 11 is 9.14. The molecule has 1 aromatic rings. The Balaban J connectivity index is 2.47. The van der Waals surface area contributed by atoms with Gasteiger partial charge in [-0.15, -0.1) is 11.6 Å². The Kier molecular flexibility index (Phi) is 5.76. The van der Waals surface area contributed by atoms with E-state index in [1.807, 2.05) is 18.2 Å². The first kappa shape index (κ1) is 14.8. The fourth-order valence-electron chi connectivity index (χ4n) is 1.25.